The van der Waals surface area contributed by atoms with Crippen LogP contribution in [0.1, 0.15) is 11.3 Å². The zero-order chi connectivity index (χ0) is 20.2. The predicted molar refractivity (Wildman–Crippen MR) is 113 cm³/mol. The van der Waals surface area contributed by atoms with Gasteiger partial charge in [-0.15, -0.1) is 5.11 Å². The average molecular weight is 384 g/mol. The number of aryl methyl sites for hydroxylation is 1. The van der Waals surface area contributed by atoms with Gasteiger partial charge in [-0.05, 0) is 30.7 Å². The first-order valence-electron chi connectivity index (χ1n) is 9.08. The van der Waals surface area contributed by atoms with Gasteiger partial charge in [0.2, 0.25) is 0 Å². The molecule has 0 saturated carbocycles. The van der Waals surface area contributed by atoms with Gasteiger partial charge in [-0.25, -0.2) is 9.97 Å². The Labute approximate surface area is 168 Å². The minimum atomic E-state index is 0.155. The number of anilines is 2. The number of nitrogens with two attached hydrogens (primary N) is 2. The van der Waals surface area contributed by atoms with Gasteiger partial charge < -0.3 is 11.5 Å². The van der Waals surface area contributed by atoms with Gasteiger partial charge in [0.25, 0.3) is 0 Å². The maximum absolute atomic E-state index is 6.07. The molecule has 144 valence electrons. The SMILES string of the molecule is Cc1cc(-c2nc(N)c(N=Nc3ccccc3)c(N)n2)nn1Cc1ccccc1. The van der Waals surface area contributed by atoms with Crippen molar-refractivity contribution in [2.45, 2.75) is 13.5 Å². The number of nitrogens with zero attached hydrogens (tertiary/aromatic N) is 6. The fourth-order valence-corrected chi connectivity index (χ4v) is 2.85. The smallest absolute Gasteiger partial charge is 0.184 e. The molecule has 4 N–H and O–H groups in total. The Kier molecular flexibility index (Phi) is 4.98. The molecule has 0 saturated heterocycles. The van der Waals surface area contributed by atoms with Gasteiger partial charge in [0.15, 0.2) is 23.1 Å². The number of hydrogen-bond acceptors (Lipinski definition) is 7. The van der Waals surface area contributed by atoms with Gasteiger partial charge in [0.1, 0.15) is 5.69 Å². The second-order valence-corrected chi connectivity index (χ2v) is 6.52. The second kappa shape index (κ2) is 7.89. The molecule has 0 bridgehead atoms. The highest BCUT2D eigenvalue weighted by atomic mass is 15.3. The van der Waals surface area contributed by atoms with E-state index in [9.17, 15) is 0 Å². The van der Waals surface area contributed by atoms with E-state index in [1.54, 1.807) is 0 Å². The summed E-state index contributed by atoms with van der Waals surface area (Å²) < 4.78 is 1.89. The molecule has 0 radical (unpaired) electrons. The molecule has 4 aromatic rings. The van der Waals surface area contributed by atoms with Crippen molar-refractivity contribution in [3.05, 3.63) is 78.0 Å². The van der Waals surface area contributed by atoms with E-state index >= 15 is 0 Å². The number of rotatable bonds is 5. The molecule has 0 fully saturated rings. The lowest BCUT2D eigenvalue weighted by Gasteiger charge is -2.05. The van der Waals surface area contributed by atoms with Gasteiger partial charge in [-0.1, -0.05) is 48.5 Å². The molecule has 2 aromatic carbocycles. The summed E-state index contributed by atoms with van der Waals surface area (Å²) in [4.78, 5) is 8.67. The molecule has 29 heavy (non-hydrogen) atoms. The van der Waals surface area contributed by atoms with E-state index in [1.807, 2.05) is 66.2 Å². The van der Waals surface area contributed by atoms with Crippen molar-refractivity contribution in [1.82, 2.24) is 19.7 Å². The fourth-order valence-electron chi connectivity index (χ4n) is 2.85. The molecule has 0 spiro atoms. The van der Waals surface area contributed by atoms with E-state index in [2.05, 4.69) is 37.4 Å². The van der Waals surface area contributed by atoms with Crippen LogP contribution >= 0.6 is 0 Å². The molecule has 0 atom stereocenters. The van der Waals surface area contributed by atoms with Crippen LogP contribution in [0.25, 0.3) is 11.5 Å². The van der Waals surface area contributed by atoms with E-state index in [0.717, 1.165) is 11.3 Å². The summed E-state index contributed by atoms with van der Waals surface area (Å²) in [7, 11) is 0. The quantitative estimate of drug-likeness (QED) is 0.498. The van der Waals surface area contributed by atoms with Gasteiger partial charge in [-0.2, -0.15) is 10.2 Å². The third-order valence-corrected chi connectivity index (χ3v) is 4.35. The van der Waals surface area contributed by atoms with Gasteiger partial charge in [0.05, 0.1) is 12.2 Å². The Bertz CT molecular complexity index is 1130. The lowest BCUT2D eigenvalue weighted by Crippen LogP contribution is -2.05. The Balaban J connectivity index is 1.61. The molecule has 2 heterocycles. The summed E-state index contributed by atoms with van der Waals surface area (Å²) in [5, 5.41) is 12.9. The zero-order valence-electron chi connectivity index (χ0n) is 15.9. The topological polar surface area (TPSA) is 120 Å². The van der Waals surface area contributed by atoms with E-state index in [-0.39, 0.29) is 17.3 Å². The molecule has 4 rings (SSSR count). The molecule has 0 aliphatic carbocycles. The summed E-state index contributed by atoms with van der Waals surface area (Å²) in [5.74, 6) is 0.665. The maximum atomic E-state index is 6.07. The predicted octanol–water partition coefficient (Wildman–Crippen LogP) is 4.28. The molecule has 2 aromatic heterocycles. The first kappa shape index (κ1) is 18.3. The summed E-state index contributed by atoms with van der Waals surface area (Å²) in [6, 6.07) is 21.3. The van der Waals surface area contributed by atoms with Crippen LogP contribution in [0, 0.1) is 6.92 Å². The Hall–Kier alpha value is -4.07. The molecule has 8 heteroatoms. The highest BCUT2D eigenvalue weighted by molar-refractivity contribution is 5.73. The highest BCUT2D eigenvalue weighted by Gasteiger charge is 2.15. The standard InChI is InChI=1S/C21H20N8/c1-14-12-17(28-29(14)13-15-8-4-2-5-9-15)21-24-19(22)18(20(23)25-21)27-26-16-10-6-3-7-11-16/h2-12H,13H2,1H3,(H4,22,23,24,25). The van der Waals surface area contributed by atoms with Crippen LogP contribution < -0.4 is 11.5 Å². The molecule has 0 aliphatic rings. The van der Waals surface area contributed by atoms with Crippen molar-refractivity contribution in [1.29, 1.82) is 0 Å². The Morgan fingerprint density at radius 3 is 2.14 bits per heavy atom. The number of nitrogen functional groups attached to an aromatic ring is 2. The largest absolute Gasteiger partial charge is 0.382 e. The van der Waals surface area contributed by atoms with Crippen molar-refractivity contribution in [2.24, 2.45) is 10.2 Å². The molecular weight excluding hydrogens is 364 g/mol. The first-order chi connectivity index (χ1) is 14.1. The van der Waals surface area contributed by atoms with Crippen LogP contribution in [-0.2, 0) is 6.54 Å². The molecular formula is C21H20N8. The summed E-state index contributed by atoms with van der Waals surface area (Å²) in [6.07, 6.45) is 0. The third-order valence-electron chi connectivity index (χ3n) is 4.35. The van der Waals surface area contributed by atoms with Crippen LogP contribution in [-0.4, -0.2) is 19.7 Å². The van der Waals surface area contributed by atoms with E-state index in [1.165, 1.54) is 0 Å². The van der Waals surface area contributed by atoms with Crippen molar-refractivity contribution in [2.75, 3.05) is 11.5 Å². The second-order valence-electron chi connectivity index (χ2n) is 6.52. The summed E-state index contributed by atoms with van der Waals surface area (Å²) in [6.45, 7) is 2.63. The number of hydrogen-bond donors (Lipinski definition) is 2. The number of aromatic nitrogens is 4. The lowest BCUT2D eigenvalue weighted by atomic mass is 10.2. The Morgan fingerprint density at radius 1 is 0.862 bits per heavy atom. The first-order valence-corrected chi connectivity index (χ1v) is 9.08. The zero-order valence-corrected chi connectivity index (χ0v) is 15.9. The van der Waals surface area contributed by atoms with Crippen molar-refractivity contribution < 1.29 is 0 Å². The highest BCUT2D eigenvalue weighted by Crippen LogP contribution is 2.30. The van der Waals surface area contributed by atoms with Crippen LogP contribution in [0.4, 0.5) is 23.0 Å². The lowest BCUT2D eigenvalue weighted by molar-refractivity contribution is 0.666. The van der Waals surface area contributed by atoms with Crippen LogP contribution in [0.5, 0.6) is 0 Å². The van der Waals surface area contributed by atoms with Crippen molar-refractivity contribution in [3.63, 3.8) is 0 Å². The normalized spacial score (nSPS) is 11.2. The summed E-state index contributed by atoms with van der Waals surface area (Å²) in [5.41, 5.74) is 15.8. The minimum Gasteiger partial charge on any atom is -0.382 e. The van der Waals surface area contributed by atoms with E-state index in [4.69, 9.17) is 11.5 Å². The number of azo groups is 1. The summed E-state index contributed by atoms with van der Waals surface area (Å²) >= 11 is 0. The fraction of sp³-hybridized carbons (Fsp3) is 0.0952. The molecule has 8 nitrogen and oxygen atoms in total. The van der Waals surface area contributed by atoms with E-state index in [0.29, 0.717) is 23.8 Å². The molecule has 0 aliphatic heterocycles. The third kappa shape index (κ3) is 4.11. The molecule has 0 amide bonds. The van der Waals surface area contributed by atoms with Crippen LogP contribution in [0.2, 0.25) is 0 Å². The van der Waals surface area contributed by atoms with Gasteiger partial charge in [-0.3, -0.25) is 4.68 Å². The minimum absolute atomic E-state index is 0.155. The van der Waals surface area contributed by atoms with Gasteiger partial charge in [0, 0.05) is 5.69 Å². The van der Waals surface area contributed by atoms with Crippen LogP contribution in [0.15, 0.2) is 77.0 Å². The average Bonchev–Trinajstić information content (AvgIpc) is 3.09. The van der Waals surface area contributed by atoms with E-state index < -0.39 is 0 Å². The van der Waals surface area contributed by atoms with Gasteiger partial charge >= 0.3 is 0 Å². The van der Waals surface area contributed by atoms with Crippen molar-refractivity contribution in [3.8, 4) is 11.5 Å². The monoisotopic (exact) mass is 384 g/mol. The maximum Gasteiger partial charge on any atom is 0.184 e. The molecule has 0 unspecified atom stereocenters. The van der Waals surface area contributed by atoms with Crippen LogP contribution in [0.3, 0.4) is 0 Å². The number of benzene rings is 2. The van der Waals surface area contributed by atoms with Crippen molar-refractivity contribution >= 4 is 23.0 Å². The Morgan fingerprint density at radius 2 is 1.48 bits per heavy atom.